The summed E-state index contributed by atoms with van der Waals surface area (Å²) in [5.41, 5.74) is 3.06. The molecule has 0 spiro atoms. The summed E-state index contributed by atoms with van der Waals surface area (Å²) in [5.74, 6) is -0.704. The monoisotopic (exact) mass is 589 g/mol. The number of anilines is 1. The number of amides is 3. The molecule has 1 aliphatic carbocycles. The first-order valence-electron chi connectivity index (χ1n) is 14.4. The van der Waals surface area contributed by atoms with E-state index in [2.05, 4.69) is 10.6 Å². The molecule has 3 aromatic carbocycles. The Morgan fingerprint density at radius 3 is 2.17 bits per heavy atom. The lowest BCUT2D eigenvalue weighted by atomic mass is 9.87. The molecule has 8 heteroatoms. The molecule has 0 bridgehead atoms. The van der Waals surface area contributed by atoms with Crippen LogP contribution in [0.1, 0.15) is 68.3 Å². The molecule has 0 saturated heterocycles. The second kappa shape index (κ2) is 13.4. The third kappa shape index (κ3) is 7.71. The highest BCUT2D eigenvalue weighted by Gasteiger charge is 2.42. The van der Waals surface area contributed by atoms with Crippen molar-refractivity contribution in [2.24, 2.45) is 0 Å². The van der Waals surface area contributed by atoms with Crippen LogP contribution < -0.4 is 10.6 Å². The summed E-state index contributed by atoms with van der Waals surface area (Å²) in [6.45, 7) is 9.13. The Hall–Kier alpha value is -3.84. The van der Waals surface area contributed by atoms with Crippen LogP contribution in [-0.2, 0) is 20.7 Å². The average Bonchev–Trinajstić information content (AvgIpc) is 2.89. The number of alkyl carbamates (subject to hydrolysis) is 1. The average molecular weight is 590 g/mol. The Morgan fingerprint density at radius 2 is 1.57 bits per heavy atom. The normalized spacial score (nSPS) is 14.7. The number of nitrogens with one attached hydrogen (secondary N) is 2. The van der Waals surface area contributed by atoms with Crippen LogP contribution in [0.3, 0.4) is 0 Å². The SMILES string of the molecule is Cc1ccccc1C(C(=O)Nc1c(C)cccc1Cl)N(C(=O)C(Cc1ccccc1)NC(=O)OC(C)(C)C)C1CCC1. The lowest BCUT2D eigenvalue weighted by Gasteiger charge is -2.44. The highest BCUT2D eigenvalue weighted by molar-refractivity contribution is 6.34. The molecule has 1 fully saturated rings. The van der Waals surface area contributed by atoms with Crippen molar-refractivity contribution in [2.75, 3.05) is 5.32 Å². The summed E-state index contributed by atoms with van der Waals surface area (Å²) >= 11 is 6.49. The predicted octanol–water partition coefficient (Wildman–Crippen LogP) is 7.15. The Kier molecular flexibility index (Phi) is 9.94. The fraction of sp³-hybridized carbons (Fsp3) is 0.382. The van der Waals surface area contributed by atoms with Gasteiger partial charge in [-0.2, -0.15) is 0 Å². The van der Waals surface area contributed by atoms with Crippen molar-refractivity contribution in [1.82, 2.24) is 10.2 Å². The van der Waals surface area contributed by atoms with Crippen molar-refractivity contribution in [3.05, 3.63) is 100 Å². The van der Waals surface area contributed by atoms with Crippen molar-refractivity contribution in [2.45, 2.75) is 84.0 Å². The van der Waals surface area contributed by atoms with E-state index in [-0.39, 0.29) is 24.3 Å². The molecule has 1 aliphatic rings. The fourth-order valence-corrected chi connectivity index (χ4v) is 5.42. The topological polar surface area (TPSA) is 87.7 Å². The summed E-state index contributed by atoms with van der Waals surface area (Å²) in [6.07, 6.45) is 2.03. The predicted molar refractivity (Wildman–Crippen MR) is 167 cm³/mol. The standard InChI is InChI=1S/C34H40ClN3O4/c1-22-13-9-10-19-26(22)30(31(39)37-29-23(2)14-11-20-27(29)35)38(25-17-12-18-25)32(40)28(21-24-15-7-6-8-16-24)36-33(41)42-34(3,4)5/h6-11,13-16,19-20,25,28,30H,12,17-18,21H2,1-5H3,(H,36,41)(H,37,39). The van der Waals surface area contributed by atoms with Crippen LogP contribution in [0.15, 0.2) is 72.8 Å². The molecule has 1 saturated carbocycles. The Bertz CT molecular complexity index is 1400. The maximum Gasteiger partial charge on any atom is 0.408 e. The zero-order valence-corrected chi connectivity index (χ0v) is 25.7. The molecule has 2 atom stereocenters. The molecule has 0 heterocycles. The van der Waals surface area contributed by atoms with Gasteiger partial charge in [0.1, 0.15) is 17.7 Å². The summed E-state index contributed by atoms with van der Waals surface area (Å²) in [4.78, 5) is 43.6. The van der Waals surface area contributed by atoms with E-state index in [0.717, 1.165) is 41.5 Å². The number of hydrogen-bond donors (Lipinski definition) is 2. The molecule has 3 amide bonds. The maximum absolute atomic E-state index is 14.6. The van der Waals surface area contributed by atoms with E-state index in [1.165, 1.54) is 0 Å². The molecule has 0 aromatic heterocycles. The number of carbonyl (C=O) groups excluding carboxylic acids is 3. The van der Waals surface area contributed by atoms with Crippen molar-refractivity contribution < 1.29 is 19.1 Å². The molecule has 0 radical (unpaired) electrons. The van der Waals surface area contributed by atoms with E-state index >= 15 is 0 Å². The molecular weight excluding hydrogens is 550 g/mol. The molecule has 0 aliphatic heterocycles. The van der Waals surface area contributed by atoms with Crippen LogP contribution >= 0.6 is 11.6 Å². The molecule has 42 heavy (non-hydrogen) atoms. The van der Waals surface area contributed by atoms with Crippen molar-refractivity contribution >= 4 is 35.2 Å². The first-order chi connectivity index (χ1) is 19.9. The number of benzene rings is 3. The van der Waals surface area contributed by atoms with Crippen LogP contribution in [0.25, 0.3) is 0 Å². The van der Waals surface area contributed by atoms with Crippen molar-refractivity contribution in [1.29, 1.82) is 0 Å². The molecule has 4 rings (SSSR count). The van der Waals surface area contributed by atoms with E-state index in [4.69, 9.17) is 16.3 Å². The minimum absolute atomic E-state index is 0.168. The van der Waals surface area contributed by atoms with Gasteiger partial charge in [0.15, 0.2) is 0 Å². The van der Waals surface area contributed by atoms with E-state index in [0.29, 0.717) is 10.7 Å². The smallest absolute Gasteiger partial charge is 0.408 e. The molecular formula is C34H40ClN3O4. The lowest BCUT2D eigenvalue weighted by Crippen LogP contribution is -2.57. The van der Waals surface area contributed by atoms with Crippen LogP contribution in [-0.4, -0.2) is 40.5 Å². The van der Waals surface area contributed by atoms with Gasteiger partial charge in [0.25, 0.3) is 5.91 Å². The number of hydrogen-bond acceptors (Lipinski definition) is 4. The summed E-state index contributed by atoms with van der Waals surface area (Å²) in [7, 11) is 0. The Labute approximate surface area is 253 Å². The summed E-state index contributed by atoms with van der Waals surface area (Å²) in [6, 6.07) is 20.5. The number of halogens is 1. The number of ether oxygens (including phenoxy) is 1. The van der Waals surface area contributed by atoms with Crippen LogP contribution in [0.4, 0.5) is 10.5 Å². The van der Waals surface area contributed by atoms with Crippen LogP contribution in [0.5, 0.6) is 0 Å². The largest absolute Gasteiger partial charge is 0.444 e. The molecule has 222 valence electrons. The Balaban J connectivity index is 1.77. The van der Waals surface area contributed by atoms with Gasteiger partial charge in [-0.25, -0.2) is 4.79 Å². The number of nitrogens with zero attached hydrogens (tertiary/aromatic N) is 1. The third-order valence-corrected chi connectivity index (χ3v) is 7.79. The first-order valence-corrected chi connectivity index (χ1v) is 14.8. The number of aryl methyl sites for hydroxylation is 2. The van der Waals surface area contributed by atoms with Crippen LogP contribution in [0, 0.1) is 13.8 Å². The lowest BCUT2D eigenvalue weighted by molar-refractivity contribution is -0.145. The van der Waals surface area contributed by atoms with Gasteiger partial charge < -0.3 is 20.3 Å². The summed E-state index contributed by atoms with van der Waals surface area (Å²) < 4.78 is 5.54. The minimum atomic E-state index is -0.954. The van der Waals surface area contributed by atoms with E-state index in [1.54, 1.807) is 31.7 Å². The van der Waals surface area contributed by atoms with E-state index < -0.39 is 23.8 Å². The second-order valence-corrected chi connectivity index (χ2v) is 12.3. The van der Waals surface area contributed by atoms with Gasteiger partial charge in [0.05, 0.1) is 10.7 Å². The van der Waals surface area contributed by atoms with E-state index in [1.807, 2.05) is 80.6 Å². The molecule has 7 nitrogen and oxygen atoms in total. The summed E-state index contributed by atoms with van der Waals surface area (Å²) in [5, 5.41) is 6.27. The van der Waals surface area contributed by atoms with Crippen LogP contribution in [0.2, 0.25) is 5.02 Å². The van der Waals surface area contributed by atoms with Crippen molar-refractivity contribution in [3.63, 3.8) is 0 Å². The zero-order valence-electron chi connectivity index (χ0n) is 24.9. The van der Waals surface area contributed by atoms with Gasteiger partial charge in [-0.15, -0.1) is 0 Å². The van der Waals surface area contributed by atoms with Gasteiger partial charge in [-0.1, -0.05) is 78.3 Å². The highest BCUT2D eigenvalue weighted by Crippen LogP contribution is 2.36. The number of rotatable bonds is 9. The quantitative estimate of drug-likeness (QED) is 0.277. The van der Waals surface area contributed by atoms with Gasteiger partial charge >= 0.3 is 6.09 Å². The molecule has 2 N–H and O–H groups in total. The Morgan fingerprint density at radius 1 is 0.929 bits per heavy atom. The number of para-hydroxylation sites is 1. The zero-order chi connectivity index (χ0) is 30.4. The first kappa shape index (κ1) is 31.1. The number of carbonyl (C=O) groups is 3. The third-order valence-electron chi connectivity index (χ3n) is 7.47. The second-order valence-electron chi connectivity index (χ2n) is 11.9. The van der Waals surface area contributed by atoms with E-state index in [9.17, 15) is 14.4 Å². The minimum Gasteiger partial charge on any atom is -0.444 e. The van der Waals surface area contributed by atoms with Gasteiger partial charge in [-0.05, 0) is 82.2 Å². The van der Waals surface area contributed by atoms with Crippen molar-refractivity contribution in [3.8, 4) is 0 Å². The molecule has 3 aromatic rings. The molecule has 2 unspecified atom stereocenters. The van der Waals surface area contributed by atoms with Gasteiger partial charge in [-0.3, -0.25) is 9.59 Å². The maximum atomic E-state index is 14.6. The van der Waals surface area contributed by atoms with Gasteiger partial charge in [0, 0.05) is 12.5 Å². The fourth-order valence-electron chi connectivity index (χ4n) is 5.16. The van der Waals surface area contributed by atoms with Gasteiger partial charge in [0.2, 0.25) is 5.91 Å². The highest BCUT2D eigenvalue weighted by atomic mass is 35.5.